The Kier molecular flexibility index (Phi) is 5.12. The molecule has 1 fully saturated rings. The van der Waals surface area contributed by atoms with E-state index < -0.39 is 12.1 Å². The zero-order valence-electron chi connectivity index (χ0n) is 11.4. The van der Waals surface area contributed by atoms with Gasteiger partial charge in [-0.1, -0.05) is 30.3 Å². The van der Waals surface area contributed by atoms with E-state index in [1.54, 1.807) is 0 Å². The van der Waals surface area contributed by atoms with Gasteiger partial charge < -0.3 is 14.2 Å². The lowest BCUT2D eigenvalue weighted by molar-refractivity contribution is -0.171. The van der Waals surface area contributed by atoms with Crippen LogP contribution >= 0.6 is 0 Å². The quantitative estimate of drug-likeness (QED) is 0.786. The van der Waals surface area contributed by atoms with E-state index in [1.807, 2.05) is 30.3 Å². The van der Waals surface area contributed by atoms with E-state index in [4.69, 9.17) is 14.2 Å². The largest absolute Gasteiger partial charge is 0.462 e. The van der Waals surface area contributed by atoms with Crippen molar-refractivity contribution in [3.05, 3.63) is 35.9 Å². The van der Waals surface area contributed by atoms with Gasteiger partial charge in [-0.25, -0.2) is 4.79 Å². The molecule has 1 aliphatic rings. The van der Waals surface area contributed by atoms with E-state index in [1.165, 1.54) is 6.92 Å². The molecule has 0 N–H and O–H groups in total. The Labute approximate surface area is 117 Å². The van der Waals surface area contributed by atoms with Gasteiger partial charge in [0.2, 0.25) is 0 Å². The van der Waals surface area contributed by atoms with Crippen LogP contribution < -0.4 is 0 Å². The number of hydrogen-bond acceptors (Lipinski definition) is 5. The van der Waals surface area contributed by atoms with E-state index in [0.29, 0.717) is 19.4 Å². The topological polar surface area (TPSA) is 61.8 Å². The molecule has 0 amide bonds. The van der Waals surface area contributed by atoms with Crippen molar-refractivity contribution in [2.75, 3.05) is 6.61 Å². The third kappa shape index (κ3) is 4.35. The highest BCUT2D eigenvalue weighted by Gasteiger charge is 2.30. The van der Waals surface area contributed by atoms with Crippen LogP contribution in [0.4, 0.5) is 0 Å². The first-order chi connectivity index (χ1) is 9.65. The lowest BCUT2D eigenvalue weighted by Gasteiger charge is -2.27. The lowest BCUT2D eigenvalue weighted by atomic mass is 10.1. The van der Waals surface area contributed by atoms with Gasteiger partial charge in [0.05, 0.1) is 6.61 Å². The van der Waals surface area contributed by atoms with Gasteiger partial charge in [-0.2, -0.15) is 0 Å². The van der Waals surface area contributed by atoms with Crippen LogP contribution in [0.2, 0.25) is 0 Å². The standard InChI is InChI=1S/C15H18O5/c1-11(16)20-13-7-8-18-14(9-13)15(17)19-10-12-5-3-2-4-6-12/h2-6,13-14H,7-10H2,1H3. The number of rotatable bonds is 4. The highest BCUT2D eigenvalue weighted by molar-refractivity contribution is 5.75. The molecule has 0 aliphatic carbocycles. The van der Waals surface area contributed by atoms with Crippen LogP contribution in [0.25, 0.3) is 0 Å². The summed E-state index contributed by atoms with van der Waals surface area (Å²) in [5, 5.41) is 0. The first-order valence-corrected chi connectivity index (χ1v) is 6.64. The summed E-state index contributed by atoms with van der Waals surface area (Å²) in [5.41, 5.74) is 0.924. The van der Waals surface area contributed by atoms with E-state index in [9.17, 15) is 9.59 Å². The number of benzene rings is 1. The van der Waals surface area contributed by atoms with Crippen LogP contribution in [-0.2, 0) is 30.4 Å². The lowest BCUT2D eigenvalue weighted by Crippen LogP contribution is -2.37. The SMILES string of the molecule is CC(=O)OC1CCOC(C(=O)OCc2ccccc2)C1. The monoisotopic (exact) mass is 278 g/mol. The summed E-state index contributed by atoms with van der Waals surface area (Å²) in [6, 6.07) is 9.45. The normalized spacial score (nSPS) is 22.1. The third-order valence-electron chi connectivity index (χ3n) is 3.06. The molecule has 5 heteroatoms. The van der Waals surface area contributed by atoms with Gasteiger partial charge in [-0.15, -0.1) is 0 Å². The summed E-state index contributed by atoms with van der Waals surface area (Å²) in [6.45, 7) is 1.97. The molecule has 0 spiro atoms. The summed E-state index contributed by atoms with van der Waals surface area (Å²) in [4.78, 5) is 22.8. The van der Waals surface area contributed by atoms with Crippen LogP contribution in [0.3, 0.4) is 0 Å². The first kappa shape index (κ1) is 14.5. The Morgan fingerprint density at radius 1 is 1.30 bits per heavy atom. The molecule has 1 saturated heterocycles. The maximum Gasteiger partial charge on any atom is 0.335 e. The van der Waals surface area contributed by atoms with Gasteiger partial charge >= 0.3 is 11.9 Å². The zero-order valence-corrected chi connectivity index (χ0v) is 11.4. The molecule has 1 aromatic rings. The number of carbonyl (C=O) groups excluding carboxylic acids is 2. The van der Waals surface area contributed by atoms with Crippen LogP contribution in [0.1, 0.15) is 25.3 Å². The van der Waals surface area contributed by atoms with Crippen LogP contribution in [-0.4, -0.2) is 30.8 Å². The third-order valence-corrected chi connectivity index (χ3v) is 3.06. The Bertz CT molecular complexity index is 457. The highest BCUT2D eigenvalue weighted by Crippen LogP contribution is 2.18. The molecule has 2 rings (SSSR count). The van der Waals surface area contributed by atoms with Crippen molar-refractivity contribution in [1.82, 2.24) is 0 Å². The molecule has 0 radical (unpaired) electrons. The molecule has 0 bridgehead atoms. The molecular formula is C15H18O5. The van der Waals surface area contributed by atoms with E-state index in [-0.39, 0.29) is 18.7 Å². The maximum absolute atomic E-state index is 11.9. The predicted octanol–water partition coefficient (Wildman–Crippen LogP) is 1.84. The van der Waals surface area contributed by atoms with Crippen LogP contribution in [0, 0.1) is 0 Å². The summed E-state index contributed by atoms with van der Waals surface area (Å²) >= 11 is 0. The molecule has 5 nitrogen and oxygen atoms in total. The molecule has 2 atom stereocenters. The van der Waals surface area contributed by atoms with Gasteiger partial charge in [0, 0.05) is 19.8 Å². The Balaban J connectivity index is 1.81. The second kappa shape index (κ2) is 7.05. The minimum atomic E-state index is -0.656. The van der Waals surface area contributed by atoms with Crippen molar-refractivity contribution in [3.63, 3.8) is 0 Å². The first-order valence-electron chi connectivity index (χ1n) is 6.64. The van der Waals surface area contributed by atoms with Gasteiger partial charge in [0.1, 0.15) is 12.7 Å². The fourth-order valence-corrected chi connectivity index (χ4v) is 2.09. The average molecular weight is 278 g/mol. The molecule has 108 valence electrons. The Morgan fingerprint density at radius 2 is 2.05 bits per heavy atom. The Hall–Kier alpha value is -1.88. The van der Waals surface area contributed by atoms with Crippen molar-refractivity contribution in [1.29, 1.82) is 0 Å². The summed E-state index contributed by atoms with van der Waals surface area (Å²) in [7, 11) is 0. The fraction of sp³-hybridized carbons (Fsp3) is 0.467. The van der Waals surface area contributed by atoms with Crippen molar-refractivity contribution in [2.45, 2.75) is 38.6 Å². The van der Waals surface area contributed by atoms with E-state index in [2.05, 4.69) is 0 Å². The minimum Gasteiger partial charge on any atom is -0.462 e. The minimum absolute atomic E-state index is 0.220. The highest BCUT2D eigenvalue weighted by atomic mass is 16.6. The molecule has 0 saturated carbocycles. The second-order valence-corrected chi connectivity index (χ2v) is 4.71. The molecule has 2 unspecified atom stereocenters. The smallest absolute Gasteiger partial charge is 0.335 e. The van der Waals surface area contributed by atoms with E-state index in [0.717, 1.165) is 5.56 Å². The second-order valence-electron chi connectivity index (χ2n) is 4.71. The molecular weight excluding hydrogens is 260 g/mol. The molecule has 1 heterocycles. The van der Waals surface area contributed by atoms with E-state index >= 15 is 0 Å². The maximum atomic E-state index is 11.9. The van der Waals surface area contributed by atoms with Crippen molar-refractivity contribution < 1.29 is 23.8 Å². The summed E-state index contributed by atoms with van der Waals surface area (Å²) < 4.78 is 15.7. The number of carbonyl (C=O) groups is 2. The van der Waals surface area contributed by atoms with Gasteiger partial charge in [0.25, 0.3) is 0 Å². The predicted molar refractivity (Wildman–Crippen MR) is 70.8 cm³/mol. The summed E-state index contributed by atoms with van der Waals surface area (Å²) in [6.07, 6.45) is 0.0437. The number of hydrogen-bond donors (Lipinski definition) is 0. The van der Waals surface area contributed by atoms with Crippen LogP contribution in [0.15, 0.2) is 30.3 Å². The molecule has 1 aliphatic heterocycles. The molecule has 1 aromatic carbocycles. The number of esters is 2. The molecule has 20 heavy (non-hydrogen) atoms. The fourth-order valence-electron chi connectivity index (χ4n) is 2.09. The average Bonchev–Trinajstić information content (AvgIpc) is 2.45. The van der Waals surface area contributed by atoms with Gasteiger partial charge in [-0.3, -0.25) is 4.79 Å². The summed E-state index contributed by atoms with van der Waals surface area (Å²) in [5.74, 6) is -0.751. The van der Waals surface area contributed by atoms with Crippen molar-refractivity contribution in [3.8, 4) is 0 Å². The molecule has 0 aromatic heterocycles. The Morgan fingerprint density at radius 3 is 2.75 bits per heavy atom. The van der Waals surface area contributed by atoms with Gasteiger partial charge in [0.15, 0.2) is 6.10 Å². The zero-order chi connectivity index (χ0) is 14.4. The number of ether oxygens (including phenoxy) is 3. The van der Waals surface area contributed by atoms with Crippen LogP contribution in [0.5, 0.6) is 0 Å². The van der Waals surface area contributed by atoms with Crippen molar-refractivity contribution >= 4 is 11.9 Å². The van der Waals surface area contributed by atoms with Gasteiger partial charge in [-0.05, 0) is 5.56 Å². The van der Waals surface area contributed by atoms with Crippen molar-refractivity contribution in [2.24, 2.45) is 0 Å².